The summed E-state index contributed by atoms with van der Waals surface area (Å²) in [6.07, 6.45) is 7.11. The van der Waals surface area contributed by atoms with E-state index in [4.69, 9.17) is 5.73 Å². The third-order valence-electron chi connectivity index (χ3n) is 5.84. The molecule has 0 aliphatic rings. The van der Waals surface area contributed by atoms with Crippen LogP contribution in [0.1, 0.15) is 32.7 Å². The van der Waals surface area contributed by atoms with Crippen LogP contribution in [0.2, 0.25) is 0 Å². The summed E-state index contributed by atoms with van der Waals surface area (Å²) in [7, 11) is -2.07. The summed E-state index contributed by atoms with van der Waals surface area (Å²) in [5, 5.41) is 7.07. The van der Waals surface area contributed by atoms with Gasteiger partial charge in [0.25, 0.3) is 5.91 Å². The molecule has 2 aromatic carbocycles. The van der Waals surface area contributed by atoms with Crippen molar-refractivity contribution in [1.29, 1.82) is 0 Å². The Morgan fingerprint density at radius 1 is 1.03 bits per heavy atom. The Morgan fingerprint density at radius 2 is 1.84 bits per heavy atom. The maximum atomic E-state index is 13.3. The topological polar surface area (TPSA) is 124 Å². The van der Waals surface area contributed by atoms with Gasteiger partial charge in [0, 0.05) is 60.8 Å². The number of imidazole rings is 1. The molecular formula is C28H24N6O3S. The lowest BCUT2D eigenvalue weighted by atomic mass is 10.1. The first-order valence-corrected chi connectivity index (χ1v) is 13.3. The lowest BCUT2D eigenvalue weighted by molar-refractivity contribution is 0.0950. The van der Waals surface area contributed by atoms with Gasteiger partial charge in [0.1, 0.15) is 5.65 Å². The minimum absolute atomic E-state index is 0.0354. The van der Waals surface area contributed by atoms with Gasteiger partial charge in [-0.15, -0.1) is 0 Å². The highest BCUT2D eigenvalue weighted by molar-refractivity contribution is 7.90. The van der Waals surface area contributed by atoms with E-state index in [0.717, 1.165) is 11.2 Å². The monoisotopic (exact) mass is 524 g/mol. The van der Waals surface area contributed by atoms with E-state index >= 15 is 0 Å². The molecule has 190 valence electrons. The maximum Gasteiger partial charge on any atom is 0.251 e. The predicted octanol–water partition coefficient (Wildman–Crippen LogP) is 2.95. The largest absolute Gasteiger partial charge is 0.399 e. The first-order chi connectivity index (χ1) is 18.3. The van der Waals surface area contributed by atoms with Crippen LogP contribution in [0.3, 0.4) is 0 Å². The van der Waals surface area contributed by atoms with Crippen LogP contribution in [0.5, 0.6) is 0 Å². The number of fused-ring (bicyclic) bond motifs is 1. The molecule has 0 saturated heterocycles. The highest BCUT2D eigenvalue weighted by atomic mass is 32.2. The highest BCUT2D eigenvalue weighted by Crippen LogP contribution is 2.22. The molecule has 3 heterocycles. The van der Waals surface area contributed by atoms with Crippen molar-refractivity contribution in [2.45, 2.75) is 17.2 Å². The average molecular weight is 525 g/mol. The van der Waals surface area contributed by atoms with Crippen LogP contribution < -0.4 is 11.1 Å². The summed E-state index contributed by atoms with van der Waals surface area (Å²) in [6, 6.07) is 16.8. The minimum Gasteiger partial charge on any atom is -0.399 e. The lowest BCUT2D eigenvalue weighted by Crippen LogP contribution is -2.23. The van der Waals surface area contributed by atoms with Crippen molar-refractivity contribution >= 4 is 27.1 Å². The van der Waals surface area contributed by atoms with Gasteiger partial charge in [-0.2, -0.15) is 5.10 Å². The molecule has 0 bridgehead atoms. The van der Waals surface area contributed by atoms with Crippen molar-refractivity contribution in [3.05, 3.63) is 113 Å². The van der Waals surface area contributed by atoms with Crippen LogP contribution in [-0.2, 0) is 29.2 Å². The second-order valence-electron chi connectivity index (χ2n) is 8.74. The summed E-state index contributed by atoms with van der Waals surface area (Å²) in [5.41, 5.74) is 9.66. The van der Waals surface area contributed by atoms with Gasteiger partial charge in [-0.1, -0.05) is 17.9 Å². The Morgan fingerprint density at radius 3 is 2.61 bits per heavy atom. The molecule has 0 atom stereocenters. The summed E-state index contributed by atoms with van der Waals surface area (Å²) >= 11 is 0. The molecule has 0 aliphatic carbocycles. The molecule has 0 radical (unpaired) electrons. The molecule has 3 aromatic heterocycles. The van der Waals surface area contributed by atoms with Crippen molar-refractivity contribution in [1.82, 2.24) is 24.5 Å². The zero-order valence-electron chi connectivity index (χ0n) is 20.5. The Labute approximate surface area is 219 Å². The molecule has 10 heteroatoms. The Hall–Kier alpha value is -4.88. The summed E-state index contributed by atoms with van der Waals surface area (Å²) in [4.78, 5) is 17.2. The number of nitrogen functional groups attached to an aromatic ring is 1. The molecule has 5 aromatic rings. The second kappa shape index (κ2) is 10.2. The number of nitrogens with zero attached hydrogens (tertiary/aromatic N) is 4. The number of hydrogen-bond acceptors (Lipinski definition) is 6. The van der Waals surface area contributed by atoms with Crippen LogP contribution in [-0.4, -0.2) is 33.5 Å². The van der Waals surface area contributed by atoms with E-state index in [1.165, 1.54) is 18.2 Å². The van der Waals surface area contributed by atoms with Gasteiger partial charge in [0.2, 0.25) is 0 Å². The fraction of sp³-hybridized carbons (Fsp3) is 0.107. The number of anilines is 1. The molecule has 5 rings (SSSR count). The lowest BCUT2D eigenvalue weighted by Gasteiger charge is -2.10. The van der Waals surface area contributed by atoms with Gasteiger partial charge in [-0.25, -0.2) is 13.4 Å². The van der Waals surface area contributed by atoms with Crippen molar-refractivity contribution in [2.24, 2.45) is 7.05 Å². The zero-order valence-corrected chi connectivity index (χ0v) is 21.3. The van der Waals surface area contributed by atoms with Crippen molar-refractivity contribution in [3.63, 3.8) is 0 Å². The maximum absolute atomic E-state index is 13.3. The van der Waals surface area contributed by atoms with Crippen LogP contribution >= 0.6 is 0 Å². The van der Waals surface area contributed by atoms with Gasteiger partial charge >= 0.3 is 0 Å². The molecular weight excluding hydrogens is 500 g/mol. The van der Waals surface area contributed by atoms with E-state index < -0.39 is 9.84 Å². The van der Waals surface area contributed by atoms with Crippen LogP contribution in [0, 0.1) is 11.8 Å². The van der Waals surface area contributed by atoms with E-state index in [-0.39, 0.29) is 22.1 Å². The van der Waals surface area contributed by atoms with Gasteiger partial charge in [0.15, 0.2) is 9.84 Å². The first-order valence-electron chi connectivity index (χ1n) is 11.7. The fourth-order valence-electron chi connectivity index (χ4n) is 3.91. The molecule has 1 amide bonds. The van der Waals surface area contributed by atoms with Crippen molar-refractivity contribution in [3.8, 4) is 11.8 Å². The summed E-state index contributed by atoms with van der Waals surface area (Å²) < 4.78 is 30.1. The SMILES string of the molecule is Cn1ccc(CS(=O)(=O)c2ccc(C(=O)NCc3ccc4nccn4c3)cc2C#Cc2ccc(N)cc2)n1. The number of aromatic nitrogens is 4. The molecule has 0 spiro atoms. The predicted molar refractivity (Wildman–Crippen MR) is 144 cm³/mol. The van der Waals surface area contributed by atoms with Gasteiger partial charge in [-0.05, 0) is 60.2 Å². The zero-order chi connectivity index (χ0) is 26.7. The third-order valence-corrected chi connectivity index (χ3v) is 7.54. The molecule has 9 nitrogen and oxygen atoms in total. The number of sulfone groups is 1. The number of nitrogens with two attached hydrogens (primary N) is 1. The number of benzene rings is 2. The van der Waals surface area contributed by atoms with E-state index in [9.17, 15) is 13.2 Å². The number of rotatable bonds is 6. The average Bonchev–Trinajstić information content (AvgIpc) is 3.54. The highest BCUT2D eigenvalue weighted by Gasteiger charge is 2.22. The molecule has 3 N–H and O–H groups in total. The number of amides is 1. The van der Waals surface area contributed by atoms with Gasteiger partial charge < -0.3 is 15.5 Å². The smallest absolute Gasteiger partial charge is 0.251 e. The number of nitrogens with one attached hydrogen (secondary N) is 1. The molecule has 0 unspecified atom stereocenters. The standard InChI is InChI=1S/C28H24N6O3S/c1-33-14-12-25(32-33)19-38(36,37)26-10-7-23(16-22(26)6-2-20-3-8-24(29)9-4-20)28(35)31-17-21-5-11-27-30-13-15-34(27)18-21/h3-5,7-16,18H,17,19,29H2,1H3,(H,31,35). The number of carbonyl (C=O) groups is 1. The Bertz CT molecular complexity index is 1810. The quantitative estimate of drug-likeness (QED) is 0.260. The second-order valence-corrected chi connectivity index (χ2v) is 10.7. The van der Waals surface area contributed by atoms with E-state index in [1.54, 1.807) is 54.5 Å². The Kier molecular flexibility index (Phi) is 6.68. The number of hydrogen-bond donors (Lipinski definition) is 2. The Balaban J connectivity index is 1.44. The van der Waals surface area contributed by atoms with Crippen molar-refractivity contribution in [2.75, 3.05) is 5.73 Å². The summed E-state index contributed by atoms with van der Waals surface area (Å²) in [6.45, 7) is 0.291. The molecule has 0 saturated carbocycles. The number of pyridine rings is 1. The van der Waals surface area contributed by atoms with Crippen LogP contribution in [0.25, 0.3) is 5.65 Å². The first kappa shape index (κ1) is 24.8. The third kappa shape index (κ3) is 5.58. The normalized spacial score (nSPS) is 11.2. The number of aryl methyl sites for hydroxylation is 1. The summed E-state index contributed by atoms with van der Waals surface area (Å²) in [5.74, 6) is 5.29. The van der Waals surface area contributed by atoms with Gasteiger partial charge in [0.05, 0.1) is 16.3 Å². The molecule has 38 heavy (non-hydrogen) atoms. The number of carbonyl (C=O) groups excluding carboxylic acids is 1. The molecule has 0 aliphatic heterocycles. The van der Waals surface area contributed by atoms with Crippen molar-refractivity contribution < 1.29 is 13.2 Å². The van der Waals surface area contributed by atoms with Crippen LogP contribution in [0.15, 0.2) is 90.3 Å². The van der Waals surface area contributed by atoms with E-state index in [0.29, 0.717) is 29.1 Å². The van der Waals surface area contributed by atoms with Gasteiger partial charge in [-0.3, -0.25) is 9.48 Å². The molecule has 0 fully saturated rings. The van der Waals surface area contributed by atoms with E-state index in [1.807, 2.05) is 28.9 Å². The van der Waals surface area contributed by atoms with Crippen LogP contribution in [0.4, 0.5) is 5.69 Å². The fourth-order valence-corrected chi connectivity index (χ4v) is 5.33. The minimum atomic E-state index is -3.79. The van der Waals surface area contributed by atoms with E-state index in [2.05, 4.69) is 27.2 Å².